The molecule has 118 valence electrons. The molecule has 0 unspecified atom stereocenters. The maximum absolute atomic E-state index is 12.9. The number of nitrogens with zero attached hydrogens (tertiary/aromatic N) is 1. The highest BCUT2D eigenvalue weighted by molar-refractivity contribution is 6.30. The van der Waals surface area contributed by atoms with Gasteiger partial charge in [-0.1, -0.05) is 11.6 Å². The topological polar surface area (TPSA) is 49.4 Å². The van der Waals surface area contributed by atoms with E-state index in [0.717, 1.165) is 5.69 Å². The molecule has 2 aromatic carbocycles. The maximum Gasteiger partial charge on any atom is 0.239 e. The number of hydrogen-bond donors (Lipinski definition) is 1. The van der Waals surface area contributed by atoms with Crippen molar-refractivity contribution in [3.05, 3.63) is 59.4 Å². The van der Waals surface area contributed by atoms with Gasteiger partial charge in [0.15, 0.2) is 0 Å². The molecule has 1 atom stereocenters. The molecule has 23 heavy (non-hydrogen) atoms. The second kappa shape index (κ2) is 6.38. The molecule has 0 radical (unpaired) electrons. The lowest BCUT2D eigenvalue weighted by atomic mass is 10.1. The third-order valence-corrected chi connectivity index (χ3v) is 4.02. The van der Waals surface area contributed by atoms with Crippen LogP contribution < -0.4 is 10.2 Å². The number of rotatable bonds is 3. The number of halogens is 2. The molecule has 1 saturated heterocycles. The molecule has 1 aliphatic rings. The van der Waals surface area contributed by atoms with Gasteiger partial charge in [0.05, 0.1) is 0 Å². The van der Waals surface area contributed by atoms with Gasteiger partial charge in [0, 0.05) is 22.9 Å². The van der Waals surface area contributed by atoms with Crippen molar-refractivity contribution in [3.8, 4) is 0 Å². The Morgan fingerprint density at radius 3 is 2.43 bits per heavy atom. The number of carbonyl (C=O) groups is 2. The molecule has 0 bridgehead atoms. The number of benzene rings is 2. The first-order chi connectivity index (χ1) is 11.0. The van der Waals surface area contributed by atoms with Crippen LogP contribution in [-0.2, 0) is 9.59 Å². The molecule has 2 aromatic rings. The fourth-order valence-electron chi connectivity index (χ4n) is 2.56. The van der Waals surface area contributed by atoms with Gasteiger partial charge >= 0.3 is 0 Å². The van der Waals surface area contributed by atoms with Crippen LogP contribution in [0.15, 0.2) is 48.5 Å². The zero-order valence-corrected chi connectivity index (χ0v) is 12.9. The SMILES string of the molecule is O=C(Nc1ccc(F)cc1)[C@@H]1CCN(c2ccc(Cl)cc2)C1=O. The summed E-state index contributed by atoms with van der Waals surface area (Å²) < 4.78 is 12.9. The van der Waals surface area contributed by atoms with Crippen molar-refractivity contribution in [2.75, 3.05) is 16.8 Å². The van der Waals surface area contributed by atoms with Crippen LogP contribution in [0.5, 0.6) is 0 Å². The first kappa shape index (κ1) is 15.5. The van der Waals surface area contributed by atoms with Crippen molar-refractivity contribution < 1.29 is 14.0 Å². The van der Waals surface area contributed by atoms with Gasteiger partial charge in [-0.05, 0) is 55.0 Å². The third-order valence-electron chi connectivity index (χ3n) is 3.77. The van der Waals surface area contributed by atoms with E-state index in [9.17, 15) is 14.0 Å². The number of anilines is 2. The van der Waals surface area contributed by atoms with Gasteiger partial charge in [-0.25, -0.2) is 4.39 Å². The fraction of sp³-hybridized carbons (Fsp3) is 0.176. The molecular weight excluding hydrogens is 319 g/mol. The molecule has 1 fully saturated rings. The summed E-state index contributed by atoms with van der Waals surface area (Å²) in [5.41, 5.74) is 1.19. The molecule has 1 N–H and O–H groups in total. The Bertz CT molecular complexity index is 731. The minimum absolute atomic E-state index is 0.244. The first-order valence-corrected chi connectivity index (χ1v) is 7.56. The second-order valence-corrected chi connectivity index (χ2v) is 5.74. The van der Waals surface area contributed by atoms with Gasteiger partial charge in [0.2, 0.25) is 11.8 Å². The normalized spacial score (nSPS) is 17.4. The van der Waals surface area contributed by atoms with E-state index < -0.39 is 5.92 Å². The quantitative estimate of drug-likeness (QED) is 0.875. The van der Waals surface area contributed by atoms with Crippen LogP contribution in [0.25, 0.3) is 0 Å². The summed E-state index contributed by atoms with van der Waals surface area (Å²) in [7, 11) is 0. The zero-order chi connectivity index (χ0) is 16.4. The van der Waals surface area contributed by atoms with E-state index in [1.165, 1.54) is 24.3 Å². The minimum Gasteiger partial charge on any atom is -0.325 e. The van der Waals surface area contributed by atoms with Crippen LogP contribution in [0.4, 0.5) is 15.8 Å². The molecule has 2 amide bonds. The number of amides is 2. The highest BCUT2D eigenvalue weighted by Gasteiger charge is 2.37. The molecule has 0 aromatic heterocycles. The van der Waals surface area contributed by atoms with E-state index >= 15 is 0 Å². The van der Waals surface area contributed by atoms with E-state index in [1.807, 2.05) is 0 Å². The summed E-state index contributed by atoms with van der Waals surface area (Å²) in [4.78, 5) is 26.3. The van der Waals surface area contributed by atoms with Crippen molar-refractivity contribution in [1.82, 2.24) is 0 Å². The van der Waals surface area contributed by atoms with E-state index in [0.29, 0.717) is 23.7 Å². The number of hydrogen-bond acceptors (Lipinski definition) is 2. The van der Waals surface area contributed by atoms with Gasteiger partial charge < -0.3 is 10.2 Å². The Morgan fingerprint density at radius 2 is 1.78 bits per heavy atom. The summed E-state index contributed by atoms with van der Waals surface area (Å²) >= 11 is 5.84. The Morgan fingerprint density at radius 1 is 1.13 bits per heavy atom. The molecular formula is C17H14ClFN2O2. The Kier molecular flexibility index (Phi) is 4.30. The molecule has 1 aliphatic heterocycles. The lowest BCUT2D eigenvalue weighted by Gasteiger charge is -2.16. The Hall–Kier alpha value is -2.40. The molecule has 0 saturated carbocycles. The molecule has 6 heteroatoms. The molecule has 4 nitrogen and oxygen atoms in total. The van der Waals surface area contributed by atoms with Crippen LogP contribution in [0.2, 0.25) is 5.02 Å². The van der Waals surface area contributed by atoms with Gasteiger partial charge in [-0.2, -0.15) is 0 Å². The highest BCUT2D eigenvalue weighted by Crippen LogP contribution is 2.27. The first-order valence-electron chi connectivity index (χ1n) is 7.18. The van der Waals surface area contributed by atoms with Crippen molar-refractivity contribution in [3.63, 3.8) is 0 Å². The van der Waals surface area contributed by atoms with Gasteiger partial charge in [-0.3, -0.25) is 9.59 Å². The monoisotopic (exact) mass is 332 g/mol. The average Bonchev–Trinajstić information content (AvgIpc) is 2.92. The van der Waals surface area contributed by atoms with Crippen molar-refractivity contribution in [2.45, 2.75) is 6.42 Å². The lowest BCUT2D eigenvalue weighted by molar-refractivity contribution is -0.129. The summed E-state index contributed by atoms with van der Waals surface area (Å²) in [5, 5.41) is 3.24. The van der Waals surface area contributed by atoms with Crippen LogP contribution >= 0.6 is 11.6 Å². The van der Waals surface area contributed by atoms with Crippen molar-refractivity contribution in [2.24, 2.45) is 5.92 Å². The van der Waals surface area contributed by atoms with Gasteiger partial charge in [-0.15, -0.1) is 0 Å². The minimum atomic E-state index is -0.740. The third kappa shape index (κ3) is 3.35. The summed E-state index contributed by atoms with van der Waals surface area (Å²) in [6, 6.07) is 12.3. The van der Waals surface area contributed by atoms with E-state index in [-0.39, 0.29) is 17.6 Å². The van der Waals surface area contributed by atoms with Crippen LogP contribution in [-0.4, -0.2) is 18.4 Å². The number of nitrogens with one attached hydrogen (secondary N) is 1. The lowest BCUT2D eigenvalue weighted by Crippen LogP contribution is -2.33. The second-order valence-electron chi connectivity index (χ2n) is 5.30. The predicted octanol–water partition coefficient (Wildman–Crippen LogP) is 3.47. The Balaban J connectivity index is 1.69. The van der Waals surface area contributed by atoms with Crippen molar-refractivity contribution >= 4 is 34.8 Å². The van der Waals surface area contributed by atoms with Crippen molar-refractivity contribution in [1.29, 1.82) is 0 Å². The summed E-state index contributed by atoms with van der Waals surface area (Å²) in [5.74, 6) is -1.74. The van der Waals surface area contributed by atoms with Crippen LogP contribution in [0, 0.1) is 11.7 Å². The summed E-state index contributed by atoms with van der Waals surface area (Å²) in [6.07, 6.45) is 0.439. The van der Waals surface area contributed by atoms with Crippen LogP contribution in [0.3, 0.4) is 0 Å². The molecule has 3 rings (SSSR count). The van der Waals surface area contributed by atoms with Crippen LogP contribution in [0.1, 0.15) is 6.42 Å². The zero-order valence-electron chi connectivity index (χ0n) is 12.1. The van der Waals surface area contributed by atoms with Gasteiger partial charge in [0.25, 0.3) is 0 Å². The number of carbonyl (C=O) groups excluding carboxylic acids is 2. The smallest absolute Gasteiger partial charge is 0.239 e. The molecule has 0 aliphatic carbocycles. The Labute approximate surface area is 137 Å². The highest BCUT2D eigenvalue weighted by atomic mass is 35.5. The average molecular weight is 333 g/mol. The molecule has 1 heterocycles. The van der Waals surface area contributed by atoms with Gasteiger partial charge in [0.1, 0.15) is 11.7 Å². The molecule has 0 spiro atoms. The standard InChI is InChI=1S/C17H14ClFN2O2/c18-11-1-7-14(8-2-11)21-10-9-15(17(21)23)16(22)20-13-5-3-12(19)4-6-13/h1-8,15H,9-10H2,(H,20,22)/t15-/m0/s1. The maximum atomic E-state index is 12.9. The van der Waals surface area contributed by atoms with E-state index in [4.69, 9.17) is 11.6 Å². The van der Waals surface area contributed by atoms with E-state index in [2.05, 4.69) is 5.32 Å². The summed E-state index contributed by atoms with van der Waals surface area (Å²) in [6.45, 7) is 0.474. The fourth-order valence-corrected chi connectivity index (χ4v) is 2.69. The van der Waals surface area contributed by atoms with E-state index in [1.54, 1.807) is 29.2 Å². The predicted molar refractivity (Wildman–Crippen MR) is 86.9 cm³/mol. The largest absolute Gasteiger partial charge is 0.325 e.